The van der Waals surface area contributed by atoms with E-state index in [9.17, 15) is 9.59 Å². The third-order valence-corrected chi connectivity index (χ3v) is 5.13. The quantitative estimate of drug-likeness (QED) is 0.462. The molecular weight excluding hydrogens is 378 g/mol. The molecule has 4 rings (SSSR count). The zero-order valence-corrected chi connectivity index (χ0v) is 16.8. The Kier molecular flexibility index (Phi) is 5.10. The third kappa shape index (κ3) is 3.82. The number of H-pyrrole nitrogens is 1. The zero-order chi connectivity index (χ0) is 21.3. The number of hydrogen-bond donors (Lipinski definition) is 3. The second-order valence-corrected chi connectivity index (χ2v) is 7.38. The molecule has 2 aromatic heterocycles. The van der Waals surface area contributed by atoms with E-state index in [-0.39, 0.29) is 5.91 Å². The van der Waals surface area contributed by atoms with Crippen molar-refractivity contribution in [2.45, 2.75) is 26.3 Å². The minimum Gasteiger partial charge on any atom is -0.368 e. The molecule has 2 heterocycles. The highest BCUT2D eigenvalue weighted by Gasteiger charge is 2.21. The number of aromatic nitrogens is 3. The second-order valence-electron chi connectivity index (χ2n) is 7.38. The summed E-state index contributed by atoms with van der Waals surface area (Å²) in [5.41, 5.74) is 10.7. The Morgan fingerprint density at radius 3 is 2.53 bits per heavy atom. The van der Waals surface area contributed by atoms with Crippen LogP contribution in [0, 0.1) is 13.8 Å². The summed E-state index contributed by atoms with van der Waals surface area (Å²) in [4.78, 5) is 27.9. The van der Waals surface area contributed by atoms with Crippen LogP contribution in [0.4, 0.5) is 0 Å². The van der Waals surface area contributed by atoms with Gasteiger partial charge in [-0.15, -0.1) is 0 Å². The van der Waals surface area contributed by atoms with E-state index < -0.39 is 11.9 Å². The number of nitrogens with two attached hydrogens (primary N) is 1. The normalized spacial score (nSPS) is 12.1. The van der Waals surface area contributed by atoms with Crippen LogP contribution in [0.5, 0.6) is 0 Å². The van der Waals surface area contributed by atoms with Gasteiger partial charge in [0.2, 0.25) is 5.91 Å². The van der Waals surface area contributed by atoms with Crippen LogP contribution in [-0.2, 0) is 11.2 Å². The van der Waals surface area contributed by atoms with E-state index in [1.807, 2.05) is 67.2 Å². The van der Waals surface area contributed by atoms with Gasteiger partial charge >= 0.3 is 0 Å². The lowest BCUT2D eigenvalue weighted by molar-refractivity contribution is -0.119. The van der Waals surface area contributed by atoms with Crippen LogP contribution < -0.4 is 11.1 Å². The first-order valence-corrected chi connectivity index (χ1v) is 9.71. The fourth-order valence-electron chi connectivity index (χ4n) is 3.63. The van der Waals surface area contributed by atoms with Crippen molar-refractivity contribution in [2.75, 3.05) is 0 Å². The molecule has 4 aromatic rings. The molecule has 0 aliphatic rings. The summed E-state index contributed by atoms with van der Waals surface area (Å²) in [5, 5.41) is 8.21. The number of benzene rings is 2. The smallest absolute Gasteiger partial charge is 0.251 e. The van der Waals surface area contributed by atoms with E-state index in [0.717, 1.165) is 33.5 Å². The molecule has 0 bridgehead atoms. The third-order valence-electron chi connectivity index (χ3n) is 5.13. The van der Waals surface area contributed by atoms with Crippen molar-refractivity contribution in [1.82, 2.24) is 20.1 Å². The van der Waals surface area contributed by atoms with Crippen LogP contribution in [0.1, 0.15) is 27.3 Å². The van der Waals surface area contributed by atoms with Gasteiger partial charge in [0.15, 0.2) is 0 Å². The molecule has 0 aliphatic heterocycles. The number of aromatic amines is 1. The predicted octanol–water partition coefficient (Wildman–Crippen LogP) is 2.80. The number of amides is 2. The Labute approximate surface area is 173 Å². The van der Waals surface area contributed by atoms with Gasteiger partial charge in [-0.1, -0.05) is 18.2 Å². The minimum absolute atomic E-state index is 0.314. The maximum Gasteiger partial charge on any atom is 0.251 e. The first-order chi connectivity index (χ1) is 14.4. The number of para-hydroxylation sites is 1. The van der Waals surface area contributed by atoms with E-state index in [1.54, 1.807) is 12.1 Å². The minimum atomic E-state index is -0.813. The molecule has 0 spiro atoms. The van der Waals surface area contributed by atoms with Crippen LogP contribution in [-0.4, -0.2) is 32.6 Å². The van der Waals surface area contributed by atoms with Gasteiger partial charge in [-0.05, 0) is 55.8 Å². The Balaban J connectivity index is 1.50. The highest BCUT2D eigenvalue weighted by Crippen LogP contribution is 2.19. The predicted molar refractivity (Wildman–Crippen MR) is 115 cm³/mol. The van der Waals surface area contributed by atoms with Gasteiger partial charge in [0.25, 0.3) is 5.91 Å². The number of rotatable bonds is 6. The average Bonchev–Trinajstić information content (AvgIpc) is 3.30. The maximum atomic E-state index is 12.7. The van der Waals surface area contributed by atoms with Crippen molar-refractivity contribution < 1.29 is 9.59 Å². The summed E-state index contributed by atoms with van der Waals surface area (Å²) in [6.07, 6.45) is 2.16. The summed E-state index contributed by atoms with van der Waals surface area (Å²) < 4.78 is 1.82. The molecule has 0 saturated heterocycles. The Morgan fingerprint density at radius 1 is 1.13 bits per heavy atom. The summed E-state index contributed by atoms with van der Waals surface area (Å²) in [6.45, 7) is 3.91. The monoisotopic (exact) mass is 401 g/mol. The Hall–Kier alpha value is -3.87. The molecule has 30 heavy (non-hydrogen) atoms. The molecule has 152 valence electrons. The van der Waals surface area contributed by atoms with Crippen molar-refractivity contribution in [2.24, 2.45) is 5.73 Å². The molecule has 4 N–H and O–H groups in total. The van der Waals surface area contributed by atoms with Crippen LogP contribution in [0.2, 0.25) is 0 Å². The van der Waals surface area contributed by atoms with E-state index in [0.29, 0.717) is 12.0 Å². The van der Waals surface area contributed by atoms with Crippen molar-refractivity contribution in [3.8, 4) is 5.69 Å². The molecule has 0 aliphatic carbocycles. The van der Waals surface area contributed by atoms with Gasteiger partial charge in [0.05, 0.1) is 11.4 Å². The molecule has 0 fully saturated rings. The molecule has 2 aromatic carbocycles. The number of fused-ring (bicyclic) bond motifs is 1. The van der Waals surface area contributed by atoms with E-state index >= 15 is 0 Å². The molecule has 2 amide bonds. The van der Waals surface area contributed by atoms with Crippen LogP contribution >= 0.6 is 0 Å². The number of aryl methyl sites for hydroxylation is 2. The summed E-state index contributed by atoms with van der Waals surface area (Å²) in [6, 6.07) is 16.1. The molecule has 7 nitrogen and oxygen atoms in total. The fourth-order valence-corrected chi connectivity index (χ4v) is 3.63. The van der Waals surface area contributed by atoms with Crippen molar-refractivity contribution >= 4 is 22.7 Å². The van der Waals surface area contributed by atoms with E-state index in [1.165, 1.54) is 0 Å². The Morgan fingerprint density at radius 2 is 1.87 bits per heavy atom. The Bertz CT molecular complexity index is 1220. The largest absolute Gasteiger partial charge is 0.368 e. The van der Waals surface area contributed by atoms with E-state index in [4.69, 9.17) is 5.73 Å². The highest BCUT2D eigenvalue weighted by molar-refractivity contribution is 5.97. The number of carbonyl (C=O) groups is 2. The van der Waals surface area contributed by atoms with Gasteiger partial charge < -0.3 is 16.0 Å². The number of carbonyl (C=O) groups excluding carboxylic acids is 2. The zero-order valence-electron chi connectivity index (χ0n) is 16.8. The van der Waals surface area contributed by atoms with Gasteiger partial charge in [-0.2, -0.15) is 5.10 Å². The lowest BCUT2D eigenvalue weighted by Crippen LogP contribution is -2.45. The summed E-state index contributed by atoms with van der Waals surface area (Å²) >= 11 is 0. The number of nitrogens with one attached hydrogen (secondary N) is 2. The van der Waals surface area contributed by atoms with Crippen molar-refractivity contribution in [3.63, 3.8) is 0 Å². The van der Waals surface area contributed by atoms with E-state index in [2.05, 4.69) is 15.4 Å². The summed E-state index contributed by atoms with van der Waals surface area (Å²) in [7, 11) is 0. The van der Waals surface area contributed by atoms with Crippen molar-refractivity contribution in [1.29, 1.82) is 0 Å². The number of nitrogens with zero attached hydrogens (tertiary/aromatic N) is 2. The maximum absolute atomic E-state index is 12.7. The molecule has 1 atom stereocenters. The molecule has 0 saturated carbocycles. The molecule has 0 unspecified atom stereocenters. The first kappa shape index (κ1) is 19.4. The van der Waals surface area contributed by atoms with Crippen LogP contribution in [0.25, 0.3) is 16.6 Å². The van der Waals surface area contributed by atoms with Crippen LogP contribution in [0.15, 0.2) is 60.8 Å². The molecule has 0 radical (unpaired) electrons. The first-order valence-electron chi connectivity index (χ1n) is 9.71. The lowest BCUT2D eigenvalue weighted by Gasteiger charge is -2.15. The molecule has 7 heteroatoms. The van der Waals surface area contributed by atoms with Crippen molar-refractivity contribution in [3.05, 3.63) is 83.3 Å². The van der Waals surface area contributed by atoms with Gasteiger partial charge in [-0.25, -0.2) is 4.68 Å². The fraction of sp³-hybridized carbons (Fsp3) is 0.174. The number of primary amides is 1. The van der Waals surface area contributed by atoms with Crippen LogP contribution in [0.3, 0.4) is 0 Å². The second kappa shape index (κ2) is 7.87. The van der Waals surface area contributed by atoms with Gasteiger partial charge in [0.1, 0.15) is 6.04 Å². The van der Waals surface area contributed by atoms with Gasteiger partial charge in [-0.3, -0.25) is 9.59 Å². The highest BCUT2D eigenvalue weighted by atomic mass is 16.2. The summed E-state index contributed by atoms with van der Waals surface area (Å²) in [5.74, 6) is -0.925. The topological polar surface area (TPSA) is 106 Å². The van der Waals surface area contributed by atoms with Gasteiger partial charge in [0, 0.05) is 34.8 Å². The molecular formula is C23H23N5O2. The SMILES string of the molecule is Cc1cc(C)n(-c2ccc(C(=O)N[C@@H](Cc3c[nH]c4ccccc34)C(N)=O)cc2)n1. The number of hydrogen-bond acceptors (Lipinski definition) is 3. The lowest BCUT2D eigenvalue weighted by atomic mass is 10.0. The standard InChI is InChI=1S/C23H23N5O2/c1-14-11-15(2)28(27-14)18-9-7-16(8-10-18)23(30)26-21(22(24)29)12-17-13-25-20-6-4-3-5-19(17)20/h3-11,13,21,25H,12H2,1-2H3,(H2,24,29)(H,26,30)/t21-/m0/s1. The average molecular weight is 401 g/mol.